The number of amides is 2. The Labute approximate surface area is 191 Å². The predicted molar refractivity (Wildman–Crippen MR) is 129 cm³/mol. The molecule has 5 nitrogen and oxygen atoms in total. The minimum atomic E-state index is -0.328. The summed E-state index contributed by atoms with van der Waals surface area (Å²) in [6.45, 7) is 1.91. The Morgan fingerprint density at radius 1 is 0.969 bits per heavy atom. The van der Waals surface area contributed by atoms with E-state index in [1.165, 1.54) is 4.90 Å². The van der Waals surface area contributed by atoms with Gasteiger partial charge in [0, 0.05) is 18.0 Å². The molecular formula is C26H22ClN3O2. The van der Waals surface area contributed by atoms with Crippen molar-refractivity contribution in [2.75, 3.05) is 18.9 Å². The highest BCUT2D eigenvalue weighted by atomic mass is 35.5. The molecular weight excluding hydrogens is 422 g/mol. The highest BCUT2D eigenvalue weighted by Crippen LogP contribution is 2.26. The van der Waals surface area contributed by atoms with E-state index in [0.29, 0.717) is 22.0 Å². The fourth-order valence-electron chi connectivity index (χ4n) is 3.47. The second-order valence-electron chi connectivity index (χ2n) is 7.63. The number of fused-ring (bicyclic) bond motifs is 1. The SMILES string of the molecule is Cc1ccc(-c2cc(C(=O)N(C)CC(=O)Nc3ccccc3Cl)c3ccccc3n2)cc1. The summed E-state index contributed by atoms with van der Waals surface area (Å²) in [5.74, 6) is -0.586. The summed E-state index contributed by atoms with van der Waals surface area (Å²) < 4.78 is 0. The van der Waals surface area contributed by atoms with Gasteiger partial charge in [0.15, 0.2) is 0 Å². The maximum absolute atomic E-state index is 13.3. The van der Waals surface area contributed by atoms with Crippen molar-refractivity contribution in [2.24, 2.45) is 0 Å². The van der Waals surface area contributed by atoms with Crippen LogP contribution in [0.2, 0.25) is 5.02 Å². The number of nitrogens with one attached hydrogen (secondary N) is 1. The summed E-state index contributed by atoms with van der Waals surface area (Å²) in [7, 11) is 1.61. The largest absolute Gasteiger partial charge is 0.332 e. The van der Waals surface area contributed by atoms with Crippen molar-refractivity contribution < 1.29 is 9.59 Å². The number of nitrogens with zero attached hydrogens (tertiary/aromatic N) is 2. The molecule has 0 radical (unpaired) electrons. The number of aromatic nitrogens is 1. The van der Waals surface area contributed by atoms with Crippen LogP contribution in [0, 0.1) is 6.92 Å². The lowest BCUT2D eigenvalue weighted by molar-refractivity contribution is -0.116. The van der Waals surface area contributed by atoms with E-state index in [4.69, 9.17) is 16.6 Å². The molecule has 0 atom stereocenters. The number of anilines is 1. The molecule has 3 aromatic carbocycles. The number of halogens is 1. The third-order valence-electron chi connectivity index (χ3n) is 5.17. The number of likely N-dealkylation sites (N-methyl/N-ethyl adjacent to an activating group) is 1. The average molecular weight is 444 g/mol. The topological polar surface area (TPSA) is 62.3 Å². The summed E-state index contributed by atoms with van der Waals surface area (Å²) in [5.41, 5.74) is 4.52. The molecule has 0 aliphatic rings. The molecule has 6 heteroatoms. The molecule has 4 rings (SSSR count). The molecule has 0 bridgehead atoms. The summed E-state index contributed by atoms with van der Waals surface area (Å²) in [4.78, 5) is 32.0. The van der Waals surface area contributed by atoms with Gasteiger partial charge in [-0.15, -0.1) is 0 Å². The van der Waals surface area contributed by atoms with Crippen LogP contribution in [0.3, 0.4) is 0 Å². The molecule has 0 fully saturated rings. The number of pyridine rings is 1. The Hall–Kier alpha value is -3.70. The van der Waals surface area contributed by atoms with Crippen LogP contribution in [-0.4, -0.2) is 35.3 Å². The maximum Gasteiger partial charge on any atom is 0.254 e. The Balaban J connectivity index is 1.62. The van der Waals surface area contributed by atoms with Gasteiger partial charge in [-0.2, -0.15) is 0 Å². The van der Waals surface area contributed by atoms with E-state index in [9.17, 15) is 9.59 Å². The van der Waals surface area contributed by atoms with E-state index in [0.717, 1.165) is 22.0 Å². The van der Waals surface area contributed by atoms with Gasteiger partial charge in [0.05, 0.1) is 34.0 Å². The maximum atomic E-state index is 13.3. The third kappa shape index (κ3) is 4.63. The highest BCUT2D eigenvalue weighted by molar-refractivity contribution is 6.33. The van der Waals surface area contributed by atoms with Gasteiger partial charge in [-0.25, -0.2) is 4.98 Å². The summed E-state index contributed by atoms with van der Waals surface area (Å²) in [6, 6.07) is 24.3. The average Bonchev–Trinajstić information content (AvgIpc) is 2.79. The van der Waals surface area contributed by atoms with E-state index < -0.39 is 0 Å². The minimum Gasteiger partial charge on any atom is -0.332 e. The van der Waals surface area contributed by atoms with Gasteiger partial charge in [-0.05, 0) is 31.2 Å². The zero-order chi connectivity index (χ0) is 22.7. The van der Waals surface area contributed by atoms with E-state index in [-0.39, 0.29) is 18.4 Å². The van der Waals surface area contributed by atoms with Gasteiger partial charge in [0.1, 0.15) is 0 Å². The van der Waals surface area contributed by atoms with Crippen LogP contribution in [0.5, 0.6) is 0 Å². The van der Waals surface area contributed by atoms with Crippen molar-refractivity contribution in [1.82, 2.24) is 9.88 Å². The van der Waals surface area contributed by atoms with Crippen LogP contribution >= 0.6 is 11.6 Å². The van der Waals surface area contributed by atoms with Gasteiger partial charge >= 0.3 is 0 Å². The molecule has 0 saturated carbocycles. The number of rotatable bonds is 5. The normalized spacial score (nSPS) is 10.7. The van der Waals surface area contributed by atoms with Gasteiger partial charge in [-0.3, -0.25) is 9.59 Å². The molecule has 32 heavy (non-hydrogen) atoms. The van der Waals surface area contributed by atoms with Crippen LogP contribution in [0.4, 0.5) is 5.69 Å². The van der Waals surface area contributed by atoms with Crippen molar-refractivity contribution in [1.29, 1.82) is 0 Å². The highest BCUT2D eigenvalue weighted by Gasteiger charge is 2.19. The zero-order valence-corrected chi connectivity index (χ0v) is 18.6. The lowest BCUT2D eigenvalue weighted by atomic mass is 10.0. The number of benzene rings is 3. The van der Waals surface area contributed by atoms with Crippen molar-refractivity contribution in [3.05, 3.63) is 95.0 Å². The number of carbonyl (C=O) groups excluding carboxylic acids is 2. The van der Waals surface area contributed by atoms with Crippen LogP contribution in [0.25, 0.3) is 22.2 Å². The molecule has 1 N–H and O–H groups in total. The number of hydrogen-bond donors (Lipinski definition) is 1. The van der Waals surface area contributed by atoms with Gasteiger partial charge in [-0.1, -0.05) is 71.8 Å². The van der Waals surface area contributed by atoms with Crippen LogP contribution in [0.1, 0.15) is 15.9 Å². The van der Waals surface area contributed by atoms with Crippen LogP contribution in [-0.2, 0) is 4.79 Å². The molecule has 0 unspecified atom stereocenters. The zero-order valence-electron chi connectivity index (χ0n) is 17.8. The molecule has 0 saturated heterocycles. The molecule has 160 valence electrons. The second kappa shape index (κ2) is 9.20. The van der Waals surface area contributed by atoms with Crippen molar-refractivity contribution in [3.8, 4) is 11.3 Å². The lowest BCUT2D eigenvalue weighted by Gasteiger charge is -2.19. The molecule has 1 heterocycles. The molecule has 1 aromatic heterocycles. The number of hydrogen-bond acceptors (Lipinski definition) is 3. The first-order valence-electron chi connectivity index (χ1n) is 10.2. The van der Waals surface area contributed by atoms with Crippen LogP contribution in [0.15, 0.2) is 78.9 Å². The van der Waals surface area contributed by atoms with Gasteiger partial charge in [0.2, 0.25) is 5.91 Å². The van der Waals surface area contributed by atoms with Crippen molar-refractivity contribution in [2.45, 2.75) is 6.92 Å². The van der Waals surface area contributed by atoms with Crippen molar-refractivity contribution >= 4 is 40.0 Å². The summed E-state index contributed by atoms with van der Waals surface area (Å²) in [6.07, 6.45) is 0. The Bertz CT molecular complexity index is 1300. The number of carbonyl (C=O) groups is 2. The van der Waals surface area contributed by atoms with Gasteiger partial charge in [0.25, 0.3) is 5.91 Å². The molecule has 0 aliphatic heterocycles. The fourth-order valence-corrected chi connectivity index (χ4v) is 3.65. The number of aryl methyl sites for hydroxylation is 1. The van der Waals surface area contributed by atoms with Crippen LogP contribution < -0.4 is 5.32 Å². The third-order valence-corrected chi connectivity index (χ3v) is 5.50. The molecule has 0 aliphatic carbocycles. The van der Waals surface area contributed by atoms with Gasteiger partial charge < -0.3 is 10.2 Å². The van der Waals surface area contributed by atoms with E-state index in [2.05, 4.69) is 5.32 Å². The monoisotopic (exact) mass is 443 g/mol. The second-order valence-corrected chi connectivity index (χ2v) is 8.03. The van der Waals surface area contributed by atoms with E-state index in [1.807, 2.05) is 55.5 Å². The van der Waals surface area contributed by atoms with E-state index >= 15 is 0 Å². The standard InChI is InChI=1S/C26H22ClN3O2/c1-17-11-13-18(14-12-17)24-15-20(19-7-3-5-9-22(19)28-24)26(32)30(2)16-25(31)29-23-10-6-4-8-21(23)27/h3-15H,16H2,1-2H3,(H,29,31). The molecule has 4 aromatic rings. The lowest BCUT2D eigenvalue weighted by Crippen LogP contribution is -2.35. The smallest absolute Gasteiger partial charge is 0.254 e. The first-order chi connectivity index (χ1) is 15.4. The minimum absolute atomic E-state index is 0.111. The molecule has 0 spiro atoms. The Morgan fingerprint density at radius 3 is 2.41 bits per heavy atom. The number of para-hydroxylation sites is 2. The Morgan fingerprint density at radius 2 is 1.66 bits per heavy atom. The quantitative estimate of drug-likeness (QED) is 0.438. The Kier molecular flexibility index (Phi) is 6.19. The first kappa shape index (κ1) is 21.5. The fraction of sp³-hybridized carbons (Fsp3) is 0.115. The summed E-state index contributed by atoms with van der Waals surface area (Å²) >= 11 is 6.11. The summed E-state index contributed by atoms with van der Waals surface area (Å²) in [5, 5.41) is 3.93. The van der Waals surface area contributed by atoms with Crippen molar-refractivity contribution in [3.63, 3.8) is 0 Å². The molecule has 2 amide bonds. The van der Waals surface area contributed by atoms with E-state index in [1.54, 1.807) is 37.4 Å². The first-order valence-corrected chi connectivity index (χ1v) is 10.6. The predicted octanol–water partition coefficient (Wildman–Crippen LogP) is 5.57.